The molecule has 0 aliphatic heterocycles. The van der Waals surface area contributed by atoms with E-state index < -0.39 is 8.07 Å². The summed E-state index contributed by atoms with van der Waals surface area (Å²) < 4.78 is 0. The highest BCUT2D eigenvalue weighted by atomic mass is 35.5. The number of benzene rings is 1. The summed E-state index contributed by atoms with van der Waals surface area (Å²) in [5.74, 6) is 0. The lowest BCUT2D eigenvalue weighted by atomic mass is 10.3. The van der Waals surface area contributed by atoms with Gasteiger partial charge in [0.05, 0.1) is 8.07 Å². The van der Waals surface area contributed by atoms with Crippen LogP contribution in [0.5, 0.6) is 0 Å². The topological polar surface area (TPSA) is 26.0 Å². The first-order chi connectivity index (χ1) is 5.41. The number of nitrogen functional groups attached to an aromatic ring is 1. The molecule has 0 bridgehead atoms. The van der Waals surface area contributed by atoms with E-state index in [0.717, 1.165) is 10.7 Å². The van der Waals surface area contributed by atoms with Gasteiger partial charge >= 0.3 is 0 Å². The van der Waals surface area contributed by atoms with Crippen LogP contribution in [0.1, 0.15) is 0 Å². The summed E-state index contributed by atoms with van der Waals surface area (Å²) in [6.45, 7) is 6.80. The molecule has 0 radical (unpaired) electrons. The van der Waals surface area contributed by atoms with E-state index >= 15 is 0 Å². The molecule has 0 aromatic heterocycles. The fraction of sp³-hybridized carbons (Fsp3) is 0.333. The molecule has 0 saturated heterocycles. The van der Waals surface area contributed by atoms with E-state index in [9.17, 15) is 0 Å². The standard InChI is InChI=1S/C9H14ClNSi/c1-12(2,3)9-5-4-7(11)6-8(9)10/h4-6H,11H2,1-3H3. The number of rotatable bonds is 1. The van der Waals surface area contributed by atoms with Gasteiger partial charge in [-0.3, -0.25) is 0 Å². The van der Waals surface area contributed by atoms with Crippen molar-refractivity contribution in [3.05, 3.63) is 23.2 Å². The van der Waals surface area contributed by atoms with E-state index in [1.54, 1.807) is 0 Å². The van der Waals surface area contributed by atoms with Crippen LogP contribution in [0.25, 0.3) is 0 Å². The summed E-state index contributed by atoms with van der Waals surface area (Å²) in [6, 6.07) is 5.79. The third-order valence-electron chi connectivity index (χ3n) is 1.80. The molecule has 1 rings (SSSR count). The quantitative estimate of drug-likeness (QED) is 0.546. The molecule has 0 atom stereocenters. The maximum atomic E-state index is 6.07. The van der Waals surface area contributed by atoms with E-state index in [0.29, 0.717) is 0 Å². The Hall–Kier alpha value is -0.473. The molecule has 1 aromatic rings. The largest absolute Gasteiger partial charge is 0.399 e. The summed E-state index contributed by atoms with van der Waals surface area (Å²) in [6.07, 6.45) is 0. The van der Waals surface area contributed by atoms with Gasteiger partial charge in [-0.2, -0.15) is 0 Å². The molecule has 0 aliphatic carbocycles. The highest BCUT2D eigenvalue weighted by Crippen LogP contribution is 2.15. The van der Waals surface area contributed by atoms with Crippen molar-refractivity contribution in [3.8, 4) is 0 Å². The average Bonchev–Trinajstić information content (AvgIpc) is 1.83. The van der Waals surface area contributed by atoms with Crippen LogP contribution in [-0.4, -0.2) is 8.07 Å². The first-order valence-corrected chi connectivity index (χ1v) is 7.84. The van der Waals surface area contributed by atoms with Gasteiger partial charge in [0.1, 0.15) is 0 Å². The fourth-order valence-corrected chi connectivity index (χ4v) is 3.55. The van der Waals surface area contributed by atoms with Crippen molar-refractivity contribution in [1.29, 1.82) is 0 Å². The van der Waals surface area contributed by atoms with Gasteiger partial charge in [0.25, 0.3) is 0 Å². The minimum absolute atomic E-state index is 0.738. The van der Waals surface area contributed by atoms with Crippen molar-refractivity contribution in [2.24, 2.45) is 0 Å². The normalized spacial score (nSPS) is 11.7. The highest BCUT2D eigenvalue weighted by molar-refractivity contribution is 6.90. The maximum absolute atomic E-state index is 6.07. The first-order valence-electron chi connectivity index (χ1n) is 3.97. The van der Waals surface area contributed by atoms with Crippen LogP contribution in [0.4, 0.5) is 5.69 Å². The smallest absolute Gasteiger partial charge is 0.0795 e. The summed E-state index contributed by atoms with van der Waals surface area (Å²) in [5.41, 5.74) is 6.34. The second-order valence-electron chi connectivity index (χ2n) is 3.99. The summed E-state index contributed by atoms with van der Waals surface area (Å²) in [7, 11) is -1.29. The monoisotopic (exact) mass is 199 g/mol. The van der Waals surface area contributed by atoms with Crippen LogP contribution in [0.3, 0.4) is 0 Å². The first kappa shape index (κ1) is 9.61. The molecule has 0 aliphatic rings. The Morgan fingerprint density at radius 2 is 1.83 bits per heavy atom. The molecule has 0 unspecified atom stereocenters. The molecule has 0 heterocycles. The molecule has 1 nitrogen and oxygen atoms in total. The summed E-state index contributed by atoms with van der Waals surface area (Å²) in [5, 5.41) is 2.09. The molecule has 3 heteroatoms. The molecule has 1 aromatic carbocycles. The second kappa shape index (κ2) is 3.11. The van der Waals surface area contributed by atoms with E-state index in [1.807, 2.05) is 18.2 Å². The maximum Gasteiger partial charge on any atom is 0.0795 e. The molecular formula is C9H14ClNSi. The van der Waals surface area contributed by atoms with Crippen LogP contribution in [0.15, 0.2) is 18.2 Å². The van der Waals surface area contributed by atoms with Crippen molar-refractivity contribution in [2.75, 3.05) is 5.73 Å². The van der Waals surface area contributed by atoms with Crippen LogP contribution in [-0.2, 0) is 0 Å². The van der Waals surface area contributed by atoms with Crippen molar-refractivity contribution < 1.29 is 0 Å². The van der Waals surface area contributed by atoms with Crippen LogP contribution in [0, 0.1) is 0 Å². The van der Waals surface area contributed by atoms with E-state index in [2.05, 4.69) is 19.6 Å². The van der Waals surface area contributed by atoms with Crippen LogP contribution >= 0.6 is 11.6 Å². The molecule has 66 valence electrons. The van der Waals surface area contributed by atoms with Gasteiger partial charge in [-0.25, -0.2) is 0 Å². The average molecular weight is 200 g/mol. The van der Waals surface area contributed by atoms with Gasteiger partial charge in [0, 0.05) is 10.7 Å². The molecule has 0 amide bonds. The van der Waals surface area contributed by atoms with Gasteiger partial charge in [0.15, 0.2) is 0 Å². The lowest BCUT2D eigenvalue weighted by Crippen LogP contribution is -2.38. The zero-order valence-electron chi connectivity index (χ0n) is 7.69. The minimum atomic E-state index is -1.29. The van der Waals surface area contributed by atoms with Gasteiger partial charge in [-0.15, -0.1) is 0 Å². The van der Waals surface area contributed by atoms with Crippen molar-refractivity contribution in [3.63, 3.8) is 0 Å². The predicted octanol–water partition coefficient (Wildman–Crippen LogP) is 2.47. The van der Waals surface area contributed by atoms with Crippen molar-refractivity contribution >= 4 is 30.5 Å². The number of hydrogen-bond acceptors (Lipinski definition) is 1. The van der Waals surface area contributed by atoms with E-state index in [4.69, 9.17) is 17.3 Å². The van der Waals surface area contributed by atoms with Crippen LogP contribution in [0.2, 0.25) is 24.7 Å². The number of anilines is 1. The highest BCUT2D eigenvalue weighted by Gasteiger charge is 2.18. The van der Waals surface area contributed by atoms with Gasteiger partial charge in [-0.1, -0.05) is 37.3 Å². The Bertz CT molecular complexity index is 291. The zero-order valence-corrected chi connectivity index (χ0v) is 9.44. The van der Waals surface area contributed by atoms with E-state index in [-0.39, 0.29) is 0 Å². The number of nitrogens with two attached hydrogens (primary N) is 1. The molecule has 0 saturated carbocycles. The Morgan fingerprint density at radius 3 is 2.25 bits per heavy atom. The van der Waals surface area contributed by atoms with Gasteiger partial charge in [-0.05, 0) is 17.3 Å². The Balaban J connectivity index is 3.19. The van der Waals surface area contributed by atoms with Gasteiger partial charge in [0.2, 0.25) is 0 Å². The minimum Gasteiger partial charge on any atom is -0.399 e. The Labute approximate surface area is 79.6 Å². The third-order valence-corrected chi connectivity index (χ3v) is 4.32. The summed E-state index contributed by atoms with van der Waals surface area (Å²) in [4.78, 5) is 0. The third kappa shape index (κ3) is 2.02. The molecule has 0 fully saturated rings. The number of halogens is 1. The number of hydrogen-bond donors (Lipinski definition) is 1. The fourth-order valence-electron chi connectivity index (χ4n) is 1.14. The molecule has 12 heavy (non-hydrogen) atoms. The Kier molecular flexibility index (Phi) is 2.49. The molecule has 2 N–H and O–H groups in total. The molecular weight excluding hydrogens is 186 g/mol. The Morgan fingerprint density at radius 1 is 1.25 bits per heavy atom. The lowest BCUT2D eigenvalue weighted by Gasteiger charge is -2.18. The second-order valence-corrected chi connectivity index (χ2v) is 9.44. The van der Waals surface area contributed by atoms with Crippen LogP contribution < -0.4 is 10.9 Å². The van der Waals surface area contributed by atoms with Gasteiger partial charge < -0.3 is 5.73 Å². The lowest BCUT2D eigenvalue weighted by molar-refractivity contribution is 1.66. The zero-order chi connectivity index (χ0) is 9.35. The van der Waals surface area contributed by atoms with E-state index in [1.165, 1.54) is 5.19 Å². The summed E-state index contributed by atoms with van der Waals surface area (Å²) >= 11 is 6.07. The molecule has 0 spiro atoms. The predicted molar refractivity (Wildman–Crippen MR) is 58.8 cm³/mol. The van der Waals surface area contributed by atoms with Crippen molar-refractivity contribution in [2.45, 2.75) is 19.6 Å². The van der Waals surface area contributed by atoms with Crippen molar-refractivity contribution in [1.82, 2.24) is 0 Å². The SMILES string of the molecule is C[Si](C)(C)c1ccc(N)cc1Cl.